The van der Waals surface area contributed by atoms with Crippen LogP contribution in [0.3, 0.4) is 0 Å². The number of amides is 1. The van der Waals surface area contributed by atoms with Crippen molar-refractivity contribution in [2.45, 2.75) is 0 Å². The predicted octanol–water partition coefficient (Wildman–Crippen LogP) is 1.18. The van der Waals surface area contributed by atoms with E-state index in [4.69, 9.17) is 0 Å². The van der Waals surface area contributed by atoms with E-state index < -0.39 is 0 Å². The predicted molar refractivity (Wildman–Crippen MR) is 121 cm³/mol. The molecule has 0 saturated carbocycles. The molecule has 0 radical (unpaired) electrons. The molecule has 2 aromatic carbocycles. The number of hydrogen-bond acceptors (Lipinski definition) is 7. The van der Waals surface area contributed by atoms with Gasteiger partial charge in [0.25, 0.3) is 5.91 Å². The largest absolute Gasteiger partial charge is 0.351 e. The molecule has 2 N–H and O–H groups in total. The van der Waals surface area contributed by atoms with Gasteiger partial charge < -0.3 is 10.2 Å². The lowest BCUT2D eigenvalue weighted by molar-refractivity contribution is 0.0941. The van der Waals surface area contributed by atoms with Gasteiger partial charge in [-0.15, -0.1) is 10.2 Å². The van der Waals surface area contributed by atoms with E-state index in [1.165, 1.54) is 0 Å². The van der Waals surface area contributed by atoms with Crippen molar-refractivity contribution in [3.63, 3.8) is 0 Å². The van der Waals surface area contributed by atoms with Crippen molar-refractivity contribution in [3.05, 3.63) is 54.2 Å². The minimum absolute atomic E-state index is 0.0788. The first-order valence-electron chi connectivity index (χ1n) is 10.7. The summed E-state index contributed by atoms with van der Waals surface area (Å²) in [7, 11) is 2.14. The fourth-order valence-electron chi connectivity index (χ4n) is 3.93. The molecule has 3 heterocycles. The van der Waals surface area contributed by atoms with Gasteiger partial charge >= 0.3 is 0 Å². The van der Waals surface area contributed by atoms with E-state index in [0.29, 0.717) is 17.9 Å². The Kier molecular flexibility index (Phi) is 5.61. The zero-order valence-corrected chi connectivity index (χ0v) is 17.9. The monoisotopic (exact) mass is 431 g/mol. The summed E-state index contributed by atoms with van der Waals surface area (Å²) in [5.41, 5.74) is 3.17. The van der Waals surface area contributed by atoms with Crippen LogP contribution in [0, 0.1) is 0 Å². The Bertz CT molecular complexity index is 1210. The van der Waals surface area contributed by atoms with Crippen LogP contribution in [-0.4, -0.2) is 92.4 Å². The second-order valence-electron chi connectivity index (χ2n) is 8.02. The van der Waals surface area contributed by atoms with Crippen molar-refractivity contribution in [2.24, 2.45) is 0 Å². The molecule has 1 saturated heterocycles. The van der Waals surface area contributed by atoms with Crippen LogP contribution in [0.4, 0.5) is 0 Å². The van der Waals surface area contributed by atoms with Gasteiger partial charge in [-0.05, 0) is 36.5 Å². The minimum atomic E-state index is -0.0788. The number of tetrazole rings is 1. The molecule has 10 heteroatoms. The molecule has 32 heavy (non-hydrogen) atoms. The number of H-pyrrole nitrogens is 1. The Hall–Kier alpha value is -3.63. The van der Waals surface area contributed by atoms with Crippen molar-refractivity contribution in [2.75, 3.05) is 46.3 Å². The van der Waals surface area contributed by atoms with Crippen LogP contribution in [-0.2, 0) is 0 Å². The van der Waals surface area contributed by atoms with Crippen LogP contribution < -0.4 is 5.32 Å². The molecule has 0 spiro atoms. The lowest BCUT2D eigenvalue weighted by atomic mass is 10.1. The Labute approximate surface area is 185 Å². The fourth-order valence-corrected chi connectivity index (χ4v) is 3.93. The molecule has 1 aliphatic rings. The van der Waals surface area contributed by atoms with E-state index in [1.54, 1.807) is 6.20 Å². The summed E-state index contributed by atoms with van der Waals surface area (Å²) in [6.07, 6.45) is 1.80. The van der Waals surface area contributed by atoms with Gasteiger partial charge in [0.05, 0.1) is 17.4 Å². The highest BCUT2D eigenvalue weighted by molar-refractivity contribution is 5.95. The summed E-state index contributed by atoms with van der Waals surface area (Å²) in [6.45, 7) is 5.72. The van der Waals surface area contributed by atoms with Crippen LogP contribution in [0.2, 0.25) is 0 Å². The van der Waals surface area contributed by atoms with Gasteiger partial charge in [0, 0.05) is 55.8 Å². The minimum Gasteiger partial charge on any atom is -0.351 e. The first kappa shape index (κ1) is 20.3. The number of rotatable bonds is 6. The zero-order chi connectivity index (χ0) is 21.9. The highest BCUT2D eigenvalue weighted by atomic mass is 16.1. The average Bonchev–Trinajstić information content (AvgIpc) is 3.50. The Balaban J connectivity index is 1.31. The molecular formula is C22H25N9O. The van der Waals surface area contributed by atoms with Gasteiger partial charge in [-0.25, -0.2) is 4.68 Å². The molecule has 4 aromatic rings. The van der Waals surface area contributed by atoms with Gasteiger partial charge in [-0.2, -0.15) is 10.3 Å². The van der Waals surface area contributed by atoms with Gasteiger partial charge in [0.15, 0.2) is 0 Å². The maximum atomic E-state index is 12.7. The number of nitrogens with one attached hydrogen (secondary N) is 2. The lowest BCUT2D eigenvalue weighted by Gasteiger charge is -2.32. The van der Waals surface area contributed by atoms with Crippen molar-refractivity contribution < 1.29 is 4.79 Å². The summed E-state index contributed by atoms with van der Waals surface area (Å²) >= 11 is 0. The van der Waals surface area contributed by atoms with Gasteiger partial charge in [0.1, 0.15) is 0 Å². The van der Waals surface area contributed by atoms with E-state index in [2.05, 4.69) is 47.9 Å². The molecule has 0 bridgehead atoms. The molecule has 1 amide bonds. The zero-order valence-electron chi connectivity index (χ0n) is 17.9. The van der Waals surface area contributed by atoms with Gasteiger partial charge in [-0.1, -0.05) is 18.2 Å². The number of hydrogen-bond donors (Lipinski definition) is 2. The third kappa shape index (κ3) is 4.23. The number of piperazine rings is 1. The van der Waals surface area contributed by atoms with Gasteiger partial charge in [0.2, 0.25) is 5.82 Å². The van der Waals surface area contributed by atoms with E-state index in [0.717, 1.165) is 54.9 Å². The normalized spacial score (nSPS) is 15.3. The molecule has 0 aliphatic carbocycles. The third-order valence-corrected chi connectivity index (χ3v) is 5.84. The molecule has 0 unspecified atom stereocenters. The van der Waals surface area contributed by atoms with E-state index in [1.807, 2.05) is 47.1 Å². The van der Waals surface area contributed by atoms with Crippen LogP contribution >= 0.6 is 0 Å². The molecule has 164 valence electrons. The van der Waals surface area contributed by atoms with Crippen molar-refractivity contribution in [1.82, 2.24) is 45.5 Å². The first-order valence-corrected chi connectivity index (χ1v) is 10.7. The van der Waals surface area contributed by atoms with Crippen LogP contribution in [0.5, 0.6) is 0 Å². The second-order valence-corrected chi connectivity index (χ2v) is 8.02. The second kappa shape index (κ2) is 8.85. The Morgan fingerprint density at radius 2 is 2.00 bits per heavy atom. The number of nitrogens with zero attached hydrogens (tertiary/aromatic N) is 7. The van der Waals surface area contributed by atoms with Gasteiger partial charge in [-0.3, -0.25) is 9.69 Å². The number of carbonyl (C=O) groups excluding carboxylic acids is 1. The number of likely N-dealkylation sites (N-methyl/N-ethyl adjacent to an activating group) is 1. The first-order chi connectivity index (χ1) is 15.7. The smallest absolute Gasteiger partial charge is 0.251 e. The standard InChI is InChI=1S/C22H25N9O/c1-29-9-11-30(12-10-29)8-7-23-22(32)17-3-2-4-19(13-17)31-20-14-16(21-25-27-28-26-21)5-6-18(20)15-24-31/h2-6,13-15H,7-12H2,1H3,(H,23,32)(H,25,26,27,28). The molecule has 1 aliphatic heterocycles. The summed E-state index contributed by atoms with van der Waals surface area (Å²) in [5.74, 6) is 0.443. The third-order valence-electron chi connectivity index (χ3n) is 5.84. The molecule has 1 fully saturated rings. The number of fused-ring (bicyclic) bond motifs is 1. The summed E-state index contributed by atoms with van der Waals surface area (Å²) < 4.78 is 1.82. The maximum absolute atomic E-state index is 12.7. The molecule has 5 rings (SSSR count). The number of carbonyl (C=O) groups is 1. The van der Waals surface area contributed by atoms with Crippen molar-refractivity contribution in [1.29, 1.82) is 0 Å². The SMILES string of the molecule is CN1CCN(CCNC(=O)c2cccc(-n3ncc4ccc(-c5nn[nH]n5)cc43)c2)CC1. The van der Waals surface area contributed by atoms with Crippen LogP contribution in [0.1, 0.15) is 10.4 Å². The maximum Gasteiger partial charge on any atom is 0.251 e. The van der Waals surface area contributed by atoms with Crippen LogP contribution in [0.15, 0.2) is 48.7 Å². The van der Waals surface area contributed by atoms with E-state index in [9.17, 15) is 4.79 Å². The number of aromatic nitrogens is 6. The van der Waals surface area contributed by atoms with Crippen molar-refractivity contribution >= 4 is 16.8 Å². The molecular weight excluding hydrogens is 406 g/mol. The topological polar surface area (TPSA) is 108 Å². The van der Waals surface area contributed by atoms with Crippen LogP contribution in [0.25, 0.3) is 28.0 Å². The fraction of sp³-hybridized carbons (Fsp3) is 0.318. The average molecular weight is 432 g/mol. The van der Waals surface area contributed by atoms with E-state index >= 15 is 0 Å². The Morgan fingerprint density at radius 1 is 1.12 bits per heavy atom. The molecule has 2 aromatic heterocycles. The Morgan fingerprint density at radius 3 is 2.81 bits per heavy atom. The highest BCUT2D eigenvalue weighted by Crippen LogP contribution is 2.24. The summed E-state index contributed by atoms with van der Waals surface area (Å²) in [5, 5.41) is 22.8. The highest BCUT2D eigenvalue weighted by Gasteiger charge is 2.15. The number of benzene rings is 2. The quantitative estimate of drug-likeness (QED) is 0.472. The molecule has 10 nitrogen and oxygen atoms in total. The van der Waals surface area contributed by atoms with E-state index in [-0.39, 0.29) is 5.91 Å². The molecule has 0 atom stereocenters. The number of aromatic amines is 1. The summed E-state index contributed by atoms with van der Waals surface area (Å²) in [4.78, 5) is 17.4. The lowest BCUT2D eigenvalue weighted by Crippen LogP contribution is -2.46. The summed E-state index contributed by atoms with van der Waals surface area (Å²) in [6, 6.07) is 13.4. The van der Waals surface area contributed by atoms with Crippen molar-refractivity contribution in [3.8, 4) is 17.1 Å².